The van der Waals surface area contributed by atoms with Crippen LogP contribution in [0.2, 0.25) is 5.02 Å². The maximum Gasteiger partial charge on any atom is 0.338 e. The molecule has 1 aromatic heterocycles. The number of ether oxygens (including phenoxy) is 2. The van der Waals surface area contributed by atoms with Crippen LogP contribution < -0.4 is 10.1 Å². The van der Waals surface area contributed by atoms with Crippen LogP contribution >= 0.6 is 11.6 Å². The van der Waals surface area contributed by atoms with Crippen LogP contribution in [0.1, 0.15) is 30.1 Å². The molecule has 0 saturated carbocycles. The van der Waals surface area contributed by atoms with Crippen molar-refractivity contribution in [2.24, 2.45) is 4.99 Å². The van der Waals surface area contributed by atoms with Crippen molar-refractivity contribution in [2.75, 3.05) is 13.7 Å². The fourth-order valence-corrected chi connectivity index (χ4v) is 3.51. The zero-order valence-corrected chi connectivity index (χ0v) is 19.3. The van der Waals surface area contributed by atoms with Crippen LogP contribution in [0, 0.1) is 0 Å². The number of methoxy groups -OCH3 is 1. The number of carbonyl (C=O) groups is 1. The number of hydrogen-bond donors (Lipinski definition) is 0. The van der Waals surface area contributed by atoms with Crippen molar-refractivity contribution < 1.29 is 18.7 Å². The second-order valence-electron chi connectivity index (χ2n) is 7.51. The molecule has 6 heteroatoms. The van der Waals surface area contributed by atoms with Crippen LogP contribution in [0.15, 0.2) is 82.2 Å². The molecule has 0 saturated heterocycles. The average molecular weight is 462 g/mol. The Morgan fingerprint density at radius 1 is 1.00 bits per heavy atom. The Hall–Kier alpha value is -3.57. The summed E-state index contributed by atoms with van der Waals surface area (Å²) in [5, 5.41) is 2.10. The molecule has 0 amide bonds. The number of esters is 1. The normalized spacial score (nSPS) is 11.5. The summed E-state index contributed by atoms with van der Waals surface area (Å²) < 4.78 is 16.7. The summed E-state index contributed by atoms with van der Waals surface area (Å²) in [5.74, 6) is 1.11. The maximum atomic E-state index is 12.2. The molecule has 0 fully saturated rings. The second kappa shape index (κ2) is 10.4. The highest BCUT2D eigenvalue weighted by Crippen LogP contribution is 2.26. The van der Waals surface area contributed by atoms with Crippen molar-refractivity contribution in [1.29, 1.82) is 0 Å². The second-order valence-corrected chi connectivity index (χ2v) is 7.95. The van der Waals surface area contributed by atoms with E-state index < -0.39 is 0 Å². The number of rotatable bonds is 7. The fourth-order valence-electron chi connectivity index (χ4n) is 3.33. The van der Waals surface area contributed by atoms with E-state index in [-0.39, 0.29) is 5.97 Å². The van der Waals surface area contributed by atoms with Gasteiger partial charge >= 0.3 is 5.97 Å². The molecule has 0 aliphatic heterocycles. The van der Waals surface area contributed by atoms with Crippen LogP contribution in [0.4, 0.5) is 5.69 Å². The lowest BCUT2D eigenvalue weighted by Gasteiger charge is -2.07. The molecular formula is C27H24ClNO4. The number of fused-ring (bicyclic) bond motifs is 1. The summed E-state index contributed by atoms with van der Waals surface area (Å²) in [6.07, 6.45) is 1.83. The van der Waals surface area contributed by atoms with Crippen LogP contribution in [0.3, 0.4) is 0 Å². The lowest BCUT2D eigenvalue weighted by Crippen LogP contribution is -2.06. The van der Waals surface area contributed by atoms with Gasteiger partial charge in [-0.2, -0.15) is 0 Å². The van der Waals surface area contributed by atoms with Crippen molar-refractivity contribution in [3.05, 3.63) is 88.7 Å². The van der Waals surface area contributed by atoms with Crippen molar-refractivity contribution in [2.45, 2.75) is 19.8 Å². The molecule has 33 heavy (non-hydrogen) atoms. The summed E-state index contributed by atoms with van der Waals surface area (Å²) in [6.45, 7) is 2.48. The topological polar surface area (TPSA) is 61.0 Å². The molecule has 0 aliphatic carbocycles. The Bertz CT molecular complexity index is 1330. The van der Waals surface area contributed by atoms with Gasteiger partial charge in [0.2, 0.25) is 0 Å². The minimum atomic E-state index is -0.326. The first-order chi connectivity index (χ1) is 16.1. The van der Waals surface area contributed by atoms with E-state index in [1.54, 1.807) is 37.4 Å². The van der Waals surface area contributed by atoms with Gasteiger partial charge in [0.1, 0.15) is 17.1 Å². The number of hydrogen-bond acceptors (Lipinski definition) is 5. The average Bonchev–Trinajstić information content (AvgIpc) is 2.85. The summed E-state index contributed by atoms with van der Waals surface area (Å²) in [4.78, 5) is 17.0. The SMILES string of the molecule is CCCCOC(=O)c1ccc(N=c2cc(-c3ccc(OC)cc3)oc3ccc(Cl)cc23)cc1. The van der Waals surface area contributed by atoms with Crippen molar-refractivity contribution in [1.82, 2.24) is 0 Å². The zero-order chi connectivity index (χ0) is 23.2. The van der Waals surface area contributed by atoms with Gasteiger partial charge in [0.05, 0.1) is 30.3 Å². The summed E-state index contributed by atoms with van der Waals surface area (Å²) in [7, 11) is 1.63. The summed E-state index contributed by atoms with van der Waals surface area (Å²) >= 11 is 6.24. The smallest absolute Gasteiger partial charge is 0.338 e. The number of benzene rings is 3. The van der Waals surface area contributed by atoms with E-state index in [1.807, 2.05) is 42.5 Å². The lowest BCUT2D eigenvalue weighted by atomic mass is 10.1. The number of unbranched alkanes of at least 4 members (excludes halogenated alkanes) is 1. The van der Waals surface area contributed by atoms with E-state index in [9.17, 15) is 4.79 Å². The largest absolute Gasteiger partial charge is 0.497 e. The summed E-state index contributed by atoms with van der Waals surface area (Å²) in [6, 6.07) is 22.0. The highest BCUT2D eigenvalue weighted by molar-refractivity contribution is 6.31. The van der Waals surface area contributed by atoms with Crippen LogP contribution in [-0.2, 0) is 4.74 Å². The van der Waals surface area contributed by atoms with Gasteiger partial charge in [-0.25, -0.2) is 9.79 Å². The molecule has 0 unspecified atom stereocenters. The minimum absolute atomic E-state index is 0.326. The molecular weight excluding hydrogens is 438 g/mol. The van der Waals surface area contributed by atoms with Gasteiger partial charge in [-0.1, -0.05) is 24.9 Å². The molecule has 4 rings (SSSR count). The molecule has 0 aliphatic rings. The maximum absolute atomic E-state index is 12.2. The van der Waals surface area contributed by atoms with Gasteiger partial charge in [0.15, 0.2) is 0 Å². The van der Waals surface area contributed by atoms with Crippen molar-refractivity contribution in [3.63, 3.8) is 0 Å². The van der Waals surface area contributed by atoms with E-state index in [0.29, 0.717) is 39.6 Å². The Kier molecular flexibility index (Phi) is 7.10. The molecule has 168 valence electrons. The van der Waals surface area contributed by atoms with E-state index in [1.165, 1.54) is 0 Å². The molecule has 0 radical (unpaired) electrons. The predicted molar refractivity (Wildman–Crippen MR) is 130 cm³/mol. The molecule has 0 spiro atoms. The van der Waals surface area contributed by atoms with Crippen LogP contribution in [-0.4, -0.2) is 19.7 Å². The van der Waals surface area contributed by atoms with Crippen LogP contribution in [0.25, 0.3) is 22.3 Å². The van der Waals surface area contributed by atoms with Crippen LogP contribution in [0.5, 0.6) is 5.75 Å². The Balaban J connectivity index is 1.73. The molecule has 5 nitrogen and oxygen atoms in total. The van der Waals surface area contributed by atoms with Gasteiger partial charge in [0.25, 0.3) is 0 Å². The number of carbonyl (C=O) groups excluding carboxylic acids is 1. The van der Waals surface area contributed by atoms with E-state index in [0.717, 1.165) is 29.5 Å². The van der Waals surface area contributed by atoms with Gasteiger partial charge < -0.3 is 13.9 Å². The first-order valence-electron chi connectivity index (χ1n) is 10.8. The lowest BCUT2D eigenvalue weighted by molar-refractivity contribution is 0.0500. The Morgan fingerprint density at radius 3 is 2.45 bits per heavy atom. The molecule has 1 heterocycles. The van der Waals surface area contributed by atoms with E-state index >= 15 is 0 Å². The number of halogens is 1. The first kappa shape index (κ1) is 22.6. The highest BCUT2D eigenvalue weighted by atomic mass is 35.5. The third-order valence-electron chi connectivity index (χ3n) is 5.16. The molecule has 3 aromatic carbocycles. The van der Waals surface area contributed by atoms with E-state index in [4.69, 9.17) is 30.5 Å². The fraction of sp³-hybridized carbons (Fsp3) is 0.185. The Morgan fingerprint density at radius 2 is 1.76 bits per heavy atom. The predicted octanol–water partition coefficient (Wildman–Crippen LogP) is 6.95. The third kappa shape index (κ3) is 5.44. The zero-order valence-electron chi connectivity index (χ0n) is 18.5. The molecule has 0 bridgehead atoms. The van der Waals surface area contributed by atoms with Gasteiger partial charge in [0, 0.05) is 22.0 Å². The van der Waals surface area contributed by atoms with Gasteiger partial charge in [-0.15, -0.1) is 0 Å². The quantitative estimate of drug-likeness (QED) is 0.220. The first-order valence-corrected chi connectivity index (χ1v) is 11.1. The van der Waals surface area contributed by atoms with E-state index in [2.05, 4.69) is 6.92 Å². The van der Waals surface area contributed by atoms with Crippen molar-refractivity contribution >= 4 is 34.2 Å². The van der Waals surface area contributed by atoms with Crippen molar-refractivity contribution in [3.8, 4) is 17.1 Å². The standard InChI is InChI=1S/C27H24ClNO4/c1-3-4-15-32-27(30)19-5-10-21(11-6-19)29-24-17-26(18-7-12-22(31-2)13-8-18)33-25-14-9-20(28)16-23(24)25/h5-14,16-17H,3-4,15H2,1-2H3. The molecule has 4 aromatic rings. The monoisotopic (exact) mass is 461 g/mol. The Labute approximate surface area is 197 Å². The van der Waals surface area contributed by atoms with Gasteiger partial charge in [-0.05, 0) is 73.2 Å². The number of nitrogens with zero attached hydrogens (tertiary/aromatic N) is 1. The van der Waals surface area contributed by atoms with Gasteiger partial charge in [-0.3, -0.25) is 0 Å². The molecule has 0 N–H and O–H groups in total. The molecule has 0 atom stereocenters. The third-order valence-corrected chi connectivity index (χ3v) is 5.40. The highest BCUT2D eigenvalue weighted by Gasteiger charge is 2.09. The minimum Gasteiger partial charge on any atom is -0.497 e. The summed E-state index contributed by atoms with van der Waals surface area (Å²) in [5.41, 5.74) is 2.77.